The summed E-state index contributed by atoms with van der Waals surface area (Å²) in [6.07, 6.45) is 8.95. The second-order valence-electron chi connectivity index (χ2n) is 8.39. The Balaban J connectivity index is 1.26. The van der Waals surface area contributed by atoms with Gasteiger partial charge in [0.05, 0.1) is 11.9 Å². The molecule has 0 bridgehead atoms. The Morgan fingerprint density at radius 3 is 2.61 bits per heavy atom. The summed E-state index contributed by atoms with van der Waals surface area (Å²) < 4.78 is 0. The number of hydrogen-bond donors (Lipinski definition) is 2. The van der Waals surface area contributed by atoms with E-state index in [4.69, 9.17) is 10.6 Å². The number of nitrogens with one attached hydrogen (secondary N) is 1. The number of carbonyl (C=O) groups excluding carboxylic acids is 1. The number of H-pyrrole nitrogens is 1. The quantitative estimate of drug-likeness (QED) is 0.540. The van der Waals surface area contributed by atoms with Crippen LogP contribution in [0.4, 0.5) is 5.82 Å². The molecule has 0 radical (unpaired) electrons. The lowest BCUT2D eigenvalue weighted by Crippen LogP contribution is -2.46. The number of aromatic amines is 1. The minimum absolute atomic E-state index is 0.122. The summed E-state index contributed by atoms with van der Waals surface area (Å²) in [6.45, 7) is 4.25. The van der Waals surface area contributed by atoms with Crippen LogP contribution in [0.1, 0.15) is 36.8 Å². The van der Waals surface area contributed by atoms with Gasteiger partial charge in [0.1, 0.15) is 12.9 Å². The molecule has 2 saturated heterocycles. The van der Waals surface area contributed by atoms with Crippen molar-refractivity contribution in [1.29, 1.82) is 0 Å². The van der Waals surface area contributed by atoms with Crippen LogP contribution in [0, 0.1) is 11.8 Å². The van der Waals surface area contributed by atoms with E-state index < -0.39 is 0 Å². The lowest BCUT2D eigenvalue weighted by atomic mass is 9.88. The summed E-state index contributed by atoms with van der Waals surface area (Å²) >= 11 is 0. The van der Waals surface area contributed by atoms with Gasteiger partial charge in [0.15, 0.2) is 0 Å². The summed E-state index contributed by atoms with van der Waals surface area (Å²) in [6, 6.07) is 3.93. The summed E-state index contributed by atoms with van der Waals surface area (Å²) in [5.41, 5.74) is 8.82. The average Bonchev–Trinajstić information content (AvgIpc) is 3.32. The molecule has 2 aromatic heterocycles. The molecule has 0 saturated carbocycles. The molecule has 3 N–H and O–H groups in total. The summed E-state index contributed by atoms with van der Waals surface area (Å²) in [5.74, 6) is 1.25. The van der Waals surface area contributed by atoms with E-state index in [9.17, 15) is 4.79 Å². The minimum atomic E-state index is 0.122. The number of pyridine rings is 1. The molecule has 166 valence electrons. The van der Waals surface area contributed by atoms with Crippen LogP contribution in [-0.4, -0.2) is 69.9 Å². The number of nitrogens with two attached hydrogens (primary N) is 1. The number of piperidine rings is 2. The van der Waals surface area contributed by atoms with Gasteiger partial charge >= 0.3 is 0 Å². The number of likely N-dealkylation sites (tertiary alicyclic amines) is 2. The van der Waals surface area contributed by atoms with Crippen LogP contribution in [0.15, 0.2) is 35.9 Å². The van der Waals surface area contributed by atoms with Gasteiger partial charge in [0.2, 0.25) is 5.91 Å². The predicted octanol–water partition coefficient (Wildman–Crippen LogP) is 1.89. The third-order valence-corrected chi connectivity index (χ3v) is 6.37. The molecule has 1 amide bonds. The summed E-state index contributed by atoms with van der Waals surface area (Å²) in [4.78, 5) is 26.7. The molecule has 9 heteroatoms. The van der Waals surface area contributed by atoms with Crippen molar-refractivity contribution in [3.63, 3.8) is 0 Å². The lowest BCUT2D eigenvalue weighted by molar-refractivity contribution is -0.138. The molecule has 0 aromatic carbocycles. The molecular weight excluding hydrogens is 394 g/mol. The molecule has 2 fully saturated rings. The molecule has 0 unspecified atom stereocenters. The zero-order valence-electron chi connectivity index (χ0n) is 18.0. The topological polar surface area (TPSA) is 113 Å². The largest absolute Gasteiger partial charge is 0.399 e. The number of rotatable bonds is 6. The van der Waals surface area contributed by atoms with E-state index in [1.807, 2.05) is 23.2 Å². The van der Waals surface area contributed by atoms with Crippen LogP contribution >= 0.6 is 0 Å². The molecule has 0 aliphatic carbocycles. The van der Waals surface area contributed by atoms with E-state index >= 15 is 0 Å². The van der Waals surface area contributed by atoms with Crippen LogP contribution in [0.2, 0.25) is 0 Å². The fourth-order valence-electron chi connectivity index (χ4n) is 4.67. The van der Waals surface area contributed by atoms with Gasteiger partial charge in [-0.05, 0) is 56.5 Å². The van der Waals surface area contributed by atoms with Crippen LogP contribution in [-0.2, 0) is 16.2 Å². The molecule has 0 atom stereocenters. The van der Waals surface area contributed by atoms with Crippen molar-refractivity contribution in [2.45, 2.75) is 32.2 Å². The molecule has 2 aliphatic rings. The van der Waals surface area contributed by atoms with Gasteiger partial charge < -0.3 is 15.5 Å². The van der Waals surface area contributed by atoms with E-state index in [-0.39, 0.29) is 11.8 Å². The Morgan fingerprint density at radius 2 is 1.97 bits per heavy atom. The number of aromatic nitrogens is 3. The highest BCUT2D eigenvalue weighted by Crippen LogP contribution is 2.26. The van der Waals surface area contributed by atoms with E-state index in [1.54, 1.807) is 19.5 Å². The van der Waals surface area contributed by atoms with Gasteiger partial charge in [0.25, 0.3) is 0 Å². The van der Waals surface area contributed by atoms with Gasteiger partial charge in [-0.15, -0.1) is 0 Å². The first-order chi connectivity index (χ1) is 15.1. The first-order valence-electron chi connectivity index (χ1n) is 11.0. The molecule has 4 heterocycles. The summed E-state index contributed by atoms with van der Waals surface area (Å²) in [5, 5.41) is 11.1. The van der Waals surface area contributed by atoms with Crippen molar-refractivity contribution in [2.24, 2.45) is 17.0 Å². The smallest absolute Gasteiger partial charge is 0.225 e. The number of nitrogens with zero attached hydrogens (tertiary/aromatic N) is 5. The second kappa shape index (κ2) is 9.91. The molecule has 2 aromatic rings. The third kappa shape index (κ3) is 5.22. The van der Waals surface area contributed by atoms with Crippen molar-refractivity contribution < 1.29 is 9.63 Å². The lowest BCUT2D eigenvalue weighted by Gasteiger charge is -2.37. The minimum Gasteiger partial charge on any atom is -0.399 e. The van der Waals surface area contributed by atoms with E-state index in [1.165, 1.54) is 5.56 Å². The fourth-order valence-corrected chi connectivity index (χ4v) is 4.67. The number of nitrogen functional groups attached to an aromatic ring is 1. The van der Waals surface area contributed by atoms with Crippen LogP contribution in [0.5, 0.6) is 0 Å². The number of carbonyl (C=O) groups is 1. The predicted molar refractivity (Wildman–Crippen MR) is 118 cm³/mol. The Labute approximate surface area is 182 Å². The van der Waals surface area contributed by atoms with Gasteiger partial charge in [-0.1, -0.05) is 5.16 Å². The van der Waals surface area contributed by atoms with Crippen molar-refractivity contribution in [1.82, 2.24) is 25.0 Å². The molecule has 2 aliphatic heterocycles. The van der Waals surface area contributed by atoms with Crippen LogP contribution in [0.3, 0.4) is 0 Å². The monoisotopic (exact) mass is 425 g/mol. The maximum Gasteiger partial charge on any atom is 0.225 e. The highest BCUT2D eigenvalue weighted by molar-refractivity contribution is 6.01. The van der Waals surface area contributed by atoms with E-state index in [0.717, 1.165) is 69.7 Å². The van der Waals surface area contributed by atoms with Gasteiger partial charge in [-0.25, -0.2) is 4.98 Å². The molecule has 0 spiro atoms. The van der Waals surface area contributed by atoms with Crippen LogP contribution in [0.25, 0.3) is 0 Å². The first kappa shape index (κ1) is 21.3. The molecule has 4 rings (SSSR count). The Bertz CT molecular complexity index is 883. The highest BCUT2D eigenvalue weighted by atomic mass is 16.6. The molecular formula is C22H31N7O2. The number of anilines is 1. The normalized spacial score (nSPS) is 19.5. The van der Waals surface area contributed by atoms with Crippen molar-refractivity contribution in [2.75, 3.05) is 39.0 Å². The zero-order valence-corrected chi connectivity index (χ0v) is 18.0. The maximum atomic E-state index is 13.1. The third-order valence-electron chi connectivity index (χ3n) is 6.37. The van der Waals surface area contributed by atoms with Crippen molar-refractivity contribution in [3.05, 3.63) is 41.9 Å². The number of hydrogen-bond acceptors (Lipinski definition) is 7. The highest BCUT2D eigenvalue weighted by Gasteiger charge is 2.32. The summed E-state index contributed by atoms with van der Waals surface area (Å²) in [7, 11) is 1.56. The zero-order chi connectivity index (χ0) is 21.6. The van der Waals surface area contributed by atoms with Crippen molar-refractivity contribution >= 4 is 17.4 Å². The van der Waals surface area contributed by atoms with E-state index in [0.29, 0.717) is 11.7 Å². The van der Waals surface area contributed by atoms with E-state index in [2.05, 4.69) is 25.2 Å². The fraction of sp³-hybridized carbons (Fsp3) is 0.545. The SMILES string of the molecule is CO/N=C(\c1cn[nH]c1)C1CCN(C(=O)C2CCN(Cc3ccnc(N)c3)CC2)CC1. The van der Waals surface area contributed by atoms with Gasteiger partial charge in [-0.3, -0.25) is 14.8 Å². The first-order valence-corrected chi connectivity index (χ1v) is 11.0. The molecule has 31 heavy (non-hydrogen) atoms. The van der Waals surface area contributed by atoms with Gasteiger partial charge in [0, 0.05) is 49.4 Å². The van der Waals surface area contributed by atoms with Gasteiger partial charge in [-0.2, -0.15) is 5.10 Å². The Morgan fingerprint density at radius 1 is 1.23 bits per heavy atom. The van der Waals surface area contributed by atoms with Crippen molar-refractivity contribution in [3.8, 4) is 0 Å². The Hall–Kier alpha value is -2.94. The number of amides is 1. The second-order valence-corrected chi connectivity index (χ2v) is 8.39. The Kier molecular flexibility index (Phi) is 6.81. The molecule has 9 nitrogen and oxygen atoms in total. The van der Waals surface area contributed by atoms with Crippen LogP contribution < -0.4 is 5.73 Å². The maximum absolute atomic E-state index is 13.1. The number of oxime groups is 1. The average molecular weight is 426 g/mol. The standard InChI is InChI=1S/C22H31N7O2/c1-31-27-21(19-13-25-26-14-19)17-5-10-29(11-6-17)22(30)18-3-8-28(9-4-18)15-16-2-7-24-20(23)12-16/h2,7,12-14,17-18H,3-6,8-11,15H2,1H3,(H2,23,24)(H,25,26)/b27-21-.